The van der Waals surface area contributed by atoms with Crippen molar-refractivity contribution in [2.24, 2.45) is 5.92 Å². The van der Waals surface area contributed by atoms with Crippen LogP contribution in [0.3, 0.4) is 0 Å². The van der Waals surface area contributed by atoms with Crippen molar-refractivity contribution in [1.29, 1.82) is 0 Å². The van der Waals surface area contributed by atoms with E-state index < -0.39 is 0 Å². The van der Waals surface area contributed by atoms with Crippen molar-refractivity contribution in [2.75, 3.05) is 36.5 Å². The third kappa shape index (κ3) is 6.14. The fourth-order valence-electron chi connectivity index (χ4n) is 1.95. The Labute approximate surface area is 128 Å². The van der Waals surface area contributed by atoms with Gasteiger partial charge in [0.15, 0.2) is 0 Å². The Morgan fingerprint density at radius 2 is 1.81 bits per heavy atom. The molecular weight excluding hydrogens is 266 g/mol. The Kier molecular flexibility index (Phi) is 7.79. The Morgan fingerprint density at radius 3 is 2.38 bits per heavy atom. The van der Waals surface area contributed by atoms with Gasteiger partial charge in [-0.25, -0.2) is 0 Å². The summed E-state index contributed by atoms with van der Waals surface area (Å²) in [7, 11) is 0. The zero-order valence-electron chi connectivity index (χ0n) is 14.0. The summed E-state index contributed by atoms with van der Waals surface area (Å²) < 4.78 is 5.69. The van der Waals surface area contributed by atoms with Crippen LogP contribution in [0, 0.1) is 5.92 Å². The minimum absolute atomic E-state index is 0.409. The first-order chi connectivity index (χ1) is 10.1. The van der Waals surface area contributed by atoms with Gasteiger partial charge in [-0.3, -0.25) is 0 Å². The first kappa shape index (κ1) is 17.5. The number of rotatable bonds is 10. The quantitative estimate of drug-likeness (QED) is 0.670. The second-order valence-electron chi connectivity index (χ2n) is 5.33. The summed E-state index contributed by atoms with van der Waals surface area (Å²) in [6, 6.07) is 0.409. The molecule has 0 aliphatic carbocycles. The molecule has 6 nitrogen and oxygen atoms in total. The van der Waals surface area contributed by atoms with Crippen LogP contribution in [0.1, 0.15) is 47.5 Å². The Balaban J connectivity index is 2.76. The molecule has 1 aromatic heterocycles. The van der Waals surface area contributed by atoms with Gasteiger partial charge in [-0.15, -0.1) is 0 Å². The molecule has 0 spiro atoms. The van der Waals surface area contributed by atoms with Crippen molar-refractivity contribution in [3.63, 3.8) is 0 Å². The van der Waals surface area contributed by atoms with Crippen LogP contribution in [0.5, 0.6) is 6.01 Å². The average molecular weight is 295 g/mol. The molecule has 0 atom stereocenters. The Morgan fingerprint density at radius 1 is 1.10 bits per heavy atom. The number of anilines is 2. The molecule has 0 saturated heterocycles. The van der Waals surface area contributed by atoms with Gasteiger partial charge in [0.05, 0.1) is 6.61 Å². The maximum Gasteiger partial charge on any atom is 0.323 e. The molecule has 1 rings (SSSR count). The first-order valence-corrected chi connectivity index (χ1v) is 7.98. The monoisotopic (exact) mass is 295 g/mol. The molecule has 0 amide bonds. The van der Waals surface area contributed by atoms with E-state index in [1.54, 1.807) is 0 Å². The van der Waals surface area contributed by atoms with Crippen molar-refractivity contribution in [3.8, 4) is 6.01 Å². The normalized spacial score (nSPS) is 10.8. The topological polar surface area (TPSA) is 63.2 Å². The lowest BCUT2D eigenvalue weighted by Crippen LogP contribution is -2.25. The smallest absolute Gasteiger partial charge is 0.323 e. The molecule has 120 valence electrons. The number of nitrogens with one attached hydrogen (secondary N) is 1. The molecule has 0 fully saturated rings. The largest absolute Gasteiger partial charge is 0.463 e. The van der Waals surface area contributed by atoms with Crippen LogP contribution < -0.4 is 15.0 Å². The van der Waals surface area contributed by atoms with Crippen LogP contribution in [0.25, 0.3) is 0 Å². The number of hydrogen-bond donors (Lipinski definition) is 1. The highest BCUT2D eigenvalue weighted by atomic mass is 16.5. The molecular formula is C15H29N5O. The Bertz CT molecular complexity index is 407. The van der Waals surface area contributed by atoms with Crippen molar-refractivity contribution in [2.45, 2.75) is 47.5 Å². The zero-order chi connectivity index (χ0) is 15.7. The van der Waals surface area contributed by atoms with E-state index in [-0.39, 0.29) is 0 Å². The SMILES string of the molecule is CCNc1nc(OCCCC(C)C)nc(N(CC)CC)n1. The van der Waals surface area contributed by atoms with Crippen molar-refractivity contribution in [3.05, 3.63) is 0 Å². The maximum atomic E-state index is 5.69. The molecule has 0 aliphatic rings. The van der Waals surface area contributed by atoms with E-state index in [0.29, 0.717) is 30.4 Å². The highest BCUT2D eigenvalue weighted by Crippen LogP contribution is 2.15. The summed E-state index contributed by atoms with van der Waals surface area (Å²) in [5.41, 5.74) is 0. The van der Waals surface area contributed by atoms with Gasteiger partial charge in [0.2, 0.25) is 11.9 Å². The molecule has 0 bridgehead atoms. The predicted molar refractivity (Wildman–Crippen MR) is 87.1 cm³/mol. The number of aromatic nitrogens is 3. The van der Waals surface area contributed by atoms with Crippen molar-refractivity contribution in [1.82, 2.24) is 15.0 Å². The minimum atomic E-state index is 0.409. The fourth-order valence-corrected chi connectivity index (χ4v) is 1.95. The van der Waals surface area contributed by atoms with E-state index in [9.17, 15) is 0 Å². The average Bonchev–Trinajstić information content (AvgIpc) is 2.45. The van der Waals surface area contributed by atoms with Gasteiger partial charge in [-0.1, -0.05) is 13.8 Å². The lowest BCUT2D eigenvalue weighted by Gasteiger charge is -2.19. The van der Waals surface area contributed by atoms with Crippen molar-refractivity contribution < 1.29 is 4.74 Å². The maximum absolute atomic E-state index is 5.69. The molecule has 0 radical (unpaired) electrons. The Hall–Kier alpha value is -1.59. The lowest BCUT2D eigenvalue weighted by atomic mass is 10.1. The molecule has 1 heterocycles. The van der Waals surface area contributed by atoms with E-state index in [2.05, 4.69) is 52.9 Å². The van der Waals surface area contributed by atoms with Crippen LogP contribution in [0.4, 0.5) is 11.9 Å². The third-order valence-electron chi connectivity index (χ3n) is 3.14. The predicted octanol–water partition coefficient (Wildman–Crippen LogP) is 2.96. The summed E-state index contributed by atoms with van der Waals surface area (Å²) in [4.78, 5) is 15.2. The molecule has 0 aromatic carbocycles. The summed E-state index contributed by atoms with van der Waals surface area (Å²) in [5.74, 6) is 1.94. The van der Waals surface area contributed by atoms with Gasteiger partial charge >= 0.3 is 6.01 Å². The van der Waals surface area contributed by atoms with Gasteiger partial charge in [0.1, 0.15) is 0 Å². The second-order valence-corrected chi connectivity index (χ2v) is 5.33. The number of hydrogen-bond acceptors (Lipinski definition) is 6. The second kappa shape index (κ2) is 9.37. The molecule has 0 saturated carbocycles. The van der Waals surface area contributed by atoms with Gasteiger partial charge in [-0.2, -0.15) is 15.0 Å². The van der Waals surface area contributed by atoms with E-state index >= 15 is 0 Å². The zero-order valence-corrected chi connectivity index (χ0v) is 14.0. The summed E-state index contributed by atoms with van der Waals surface area (Å²) >= 11 is 0. The van der Waals surface area contributed by atoms with E-state index in [1.807, 2.05) is 6.92 Å². The van der Waals surface area contributed by atoms with Crippen LogP contribution >= 0.6 is 0 Å². The van der Waals surface area contributed by atoms with Crippen LogP contribution in [-0.4, -0.2) is 41.2 Å². The number of ether oxygens (including phenoxy) is 1. The summed E-state index contributed by atoms with van der Waals surface area (Å²) in [6.45, 7) is 13.8. The first-order valence-electron chi connectivity index (χ1n) is 7.98. The number of nitrogens with zero attached hydrogens (tertiary/aromatic N) is 4. The summed E-state index contributed by atoms with van der Waals surface area (Å²) in [5, 5.41) is 3.13. The molecule has 21 heavy (non-hydrogen) atoms. The van der Waals surface area contributed by atoms with Crippen molar-refractivity contribution >= 4 is 11.9 Å². The van der Waals surface area contributed by atoms with Crippen LogP contribution in [-0.2, 0) is 0 Å². The van der Waals surface area contributed by atoms with Crippen LogP contribution in [0.2, 0.25) is 0 Å². The minimum Gasteiger partial charge on any atom is -0.463 e. The van der Waals surface area contributed by atoms with Gasteiger partial charge in [0.25, 0.3) is 0 Å². The third-order valence-corrected chi connectivity index (χ3v) is 3.14. The van der Waals surface area contributed by atoms with E-state index in [4.69, 9.17) is 4.74 Å². The molecule has 1 N–H and O–H groups in total. The highest BCUT2D eigenvalue weighted by molar-refractivity contribution is 5.38. The molecule has 6 heteroatoms. The summed E-state index contributed by atoms with van der Waals surface area (Å²) in [6.07, 6.45) is 2.16. The van der Waals surface area contributed by atoms with Gasteiger partial charge in [-0.05, 0) is 39.5 Å². The van der Waals surface area contributed by atoms with Gasteiger partial charge in [0, 0.05) is 19.6 Å². The molecule has 1 aromatic rings. The highest BCUT2D eigenvalue weighted by Gasteiger charge is 2.11. The fraction of sp³-hybridized carbons (Fsp3) is 0.800. The van der Waals surface area contributed by atoms with Crippen LogP contribution in [0.15, 0.2) is 0 Å². The lowest BCUT2D eigenvalue weighted by molar-refractivity contribution is 0.275. The van der Waals surface area contributed by atoms with E-state index in [0.717, 1.165) is 32.5 Å². The standard InChI is InChI=1S/C15H29N5O/c1-6-16-13-17-14(20(7-2)8-3)19-15(18-13)21-11-9-10-12(4)5/h12H,6-11H2,1-5H3,(H,16,17,18,19). The van der Waals surface area contributed by atoms with E-state index in [1.165, 1.54) is 0 Å². The molecule has 0 unspecified atom stereocenters. The van der Waals surface area contributed by atoms with Gasteiger partial charge < -0.3 is 15.0 Å². The molecule has 0 aliphatic heterocycles.